The molecule has 0 unspecified atom stereocenters. The van der Waals surface area contributed by atoms with Crippen molar-refractivity contribution in [1.82, 2.24) is 10.6 Å². The number of ether oxygens (including phenoxy) is 2. The van der Waals surface area contributed by atoms with Crippen LogP contribution in [-0.4, -0.2) is 46.5 Å². The first-order valence-corrected chi connectivity index (χ1v) is 7.93. The lowest BCUT2D eigenvalue weighted by molar-refractivity contribution is 0.0689. The molecular weight excluding hydrogens is 297 g/mol. The molecule has 0 bridgehead atoms. The summed E-state index contributed by atoms with van der Waals surface area (Å²) in [6.45, 7) is 5.12. The minimum Gasteiger partial charge on any atom is -0.382 e. The second kappa shape index (κ2) is 11.8. The predicted octanol–water partition coefficient (Wildman–Crippen LogP) is 2.24. The number of aryl methyl sites for hydroxylation is 1. The molecule has 0 spiro atoms. The average molecular weight is 325 g/mol. The average Bonchev–Trinajstić information content (AvgIpc) is 2.56. The molecule has 130 valence electrons. The second-order valence-corrected chi connectivity index (χ2v) is 5.25. The third kappa shape index (κ3) is 8.52. The summed E-state index contributed by atoms with van der Waals surface area (Å²) in [5, 5.41) is 6.41. The number of aliphatic imine (C=N–C) groups is 1. The molecule has 0 fully saturated rings. The predicted molar refractivity (Wildman–Crippen MR) is 91.3 cm³/mol. The SMILES string of the molecule is CN=C(NCCCCOCCOC)NCc1ccc(C)c(F)c1. The molecule has 2 N–H and O–H groups in total. The molecule has 1 aromatic rings. The van der Waals surface area contributed by atoms with Crippen LogP contribution < -0.4 is 10.6 Å². The van der Waals surface area contributed by atoms with Crippen LogP contribution in [-0.2, 0) is 16.0 Å². The normalized spacial score (nSPS) is 11.6. The van der Waals surface area contributed by atoms with Crippen LogP contribution >= 0.6 is 0 Å². The summed E-state index contributed by atoms with van der Waals surface area (Å²) >= 11 is 0. The zero-order valence-corrected chi connectivity index (χ0v) is 14.3. The molecule has 0 aliphatic rings. The van der Waals surface area contributed by atoms with Gasteiger partial charge in [0.05, 0.1) is 13.2 Å². The van der Waals surface area contributed by atoms with Gasteiger partial charge in [0, 0.05) is 33.9 Å². The van der Waals surface area contributed by atoms with E-state index in [1.165, 1.54) is 0 Å². The van der Waals surface area contributed by atoms with Gasteiger partial charge in [-0.2, -0.15) is 0 Å². The minimum absolute atomic E-state index is 0.180. The number of hydrogen-bond donors (Lipinski definition) is 2. The van der Waals surface area contributed by atoms with Crippen molar-refractivity contribution in [3.63, 3.8) is 0 Å². The Hall–Kier alpha value is -1.66. The fourth-order valence-corrected chi connectivity index (χ4v) is 1.93. The van der Waals surface area contributed by atoms with Crippen molar-refractivity contribution in [2.75, 3.05) is 40.5 Å². The van der Waals surface area contributed by atoms with Crippen LogP contribution in [0.2, 0.25) is 0 Å². The summed E-state index contributed by atoms with van der Waals surface area (Å²) in [7, 11) is 3.38. The van der Waals surface area contributed by atoms with E-state index in [2.05, 4.69) is 15.6 Å². The Bertz CT molecular complexity index is 481. The Morgan fingerprint density at radius 3 is 2.70 bits per heavy atom. The van der Waals surface area contributed by atoms with Gasteiger partial charge in [-0.1, -0.05) is 12.1 Å². The summed E-state index contributed by atoms with van der Waals surface area (Å²) in [5.74, 6) is 0.534. The Morgan fingerprint density at radius 1 is 1.17 bits per heavy atom. The van der Waals surface area contributed by atoms with Crippen molar-refractivity contribution < 1.29 is 13.9 Å². The molecule has 1 aromatic carbocycles. The van der Waals surface area contributed by atoms with E-state index in [4.69, 9.17) is 9.47 Å². The highest BCUT2D eigenvalue weighted by Gasteiger charge is 2.01. The highest BCUT2D eigenvalue weighted by molar-refractivity contribution is 5.79. The largest absolute Gasteiger partial charge is 0.382 e. The molecule has 1 rings (SSSR count). The fourth-order valence-electron chi connectivity index (χ4n) is 1.93. The number of guanidine groups is 1. The van der Waals surface area contributed by atoms with Crippen molar-refractivity contribution in [2.45, 2.75) is 26.3 Å². The van der Waals surface area contributed by atoms with Gasteiger partial charge in [-0.3, -0.25) is 4.99 Å². The zero-order valence-electron chi connectivity index (χ0n) is 14.3. The van der Waals surface area contributed by atoms with Crippen LogP contribution in [0.3, 0.4) is 0 Å². The maximum atomic E-state index is 13.5. The molecule has 0 atom stereocenters. The lowest BCUT2D eigenvalue weighted by Gasteiger charge is -2.12. The monoisotopic (exact) mass is 325 g/mol. The number of methoxy groups -OCH3 is 1. The lowest BCUT2D eigenvalue weighted by atomic mass is 10.1. The topological polar surface area (TPSA) is 54.9 Å². The highest BCUT2D eigenvalue weighted by Crippen LogP contribution is 2.08. The smallest absolute Gasteiger partial charge is 0.191 e. The molecule has 0 heterocycles. The van der Waals surface area contributed by atoms with Crippen molar-refractivity contribution in [2.24, 2.45) is 4.99 Å². The van der Waals surface area contributed by atoms with Gasteiger partial charge < -0.3 is 20.1 Å². The summed E-state index contributed by atoms with van der Waals surface area (Å²) in [5.41, 5.74) is 1.55. The first-order chi connectivity index (χ1) is 11.2. The van der Waals surface area contributed by atoms with E-state index in [0.717, 1.165) is 31.6 Å². The van der Waals surface area contributed by atoms with E-state index in [1.807, 2.05) is 6.07 Å². The van der Waals surface area contributed by atoms with Crippen LogP contribution in [0, 0.1) is 12.7 Å². The molecule has 0 aliphatic carbocycles. The Kier molecular flexibility index (Phi) is 9.99. The van der Waals surface area contributed by atoms with Crippen LogP contribution in [0.1, 0.15) is 24.0 Å². The third-order valence-electron chi connectivity index (χ3n) is 3.36. The third-order valence-corrected chi connectivity index (χ3v) is 3.36. The standard InChI is InChI=1S/C17H28FN3O2/c1-14-6-7-15(12-16(14)18)13-21-17(19-2)20-8-4-5-9-23-11-10-22-3/h6-7,12H,4-5,8-11,13H2,1-3H3,(H2,19,20,21). The van der Waals surface area contributed by atoms with Gasteiger partial charge in [0.1, 0.15) is 5.82 Å². The van der Waals surface area contributed by atoms with Crippen LogP contribution in [0.4, 0.5) is 4.39 Å². The van der Waals surface area contributed by atoms with E-state index in [1.54, 1.807) is 33.2 Å². The lowest BCUT2D eigenvalue weighted by Crippen LogP contribution is -2.37. The molecule has 23 heavy (non-hydrogen) atoms. The zero-order chi connectivity index (χ0) is 16.9. The van der Waals surface area contributed by atoms with Crippen LogP contribution in [0.25, 0.3) is 0 Å². The summed E-state index contributed by atoms with van der Waals surface area (Å²) in [4.78, 5) is 4.15. The Morgan fingerprint density at radius 2 is 2.00 bits per heavy atom. The minimum atomic E-state index is -0.180. The molecule has 0 aromatic heterocycles. The Balaban J connectivity index is 2.16. The molecule has 0 saturated carbocycles. The Labute approximate surface area is 138 Å². The maximum absolute atomic E-state index is 13.5. The van der Waals surface area contributed by atoms with E-state index in [0.29, 0.717) is 31.3 Å². The van der Waals surface area contributed by atoms with E-state index in [-0.39, 0.29) is 5.82 Å². The second-order valence-electron chi connectivity index (χ2n) is 5.25. The van der Waals surface area contributed by atoms with Gasteiger partial charge in [-0.05, 0) is 37.0 Å². The summed E-state index contributed by atoms with van der Waals surface area (Å²) in [6.07, 6.45) is 1.98. The van der Waals surface area contributed by atoms with Crippen LogP contribution in [0.5, 0.6) is 0 Å². The number of unbranched alkanes of at least 4 members (excludes halogenated alkanes) is 1. The number of nitrogens with zero attached hydrogens (tertiary/aromatic N) is 1. The first kappa shape index (κ1) is 19.4. The van der Waals surface area contributed by atoms with Crippen molar-refractivity contribution in [1.29, 1.82) is 0 Å². The van der Waals surface area contributed by atoms with Crippen molar-refractivity contribution in [3.8, 4) is 0 Å². The first-order valence-electron chi connectivity index (χ1n) is 7.93. The van der Waals surface area contributed by atoms with E-state index >= 15 is 0 Å². The molecule has 0 saturated heterocycles. The summed E-state index contributed by atoms with van der Waals surface area (Å²) < 4.78 is 23.8. The number of benzene rings is 1. The van der Waals surface area contributed by atoms with Gasteiger partial charge in [0.15, 0.2) is 5.96 Å². The molecule has 0 aliphatic heterocycles. The van der Waals surface area contributed by atoms with Gasteiger partial charge in [0.25, 0.3) is 0 Å². The van der Waals surface area contributed by atoms with Crippen LogP contribution in [0.15, 0.2) is 23.2 Å². The van der Waals surface area contributed by atoms with Gasteiger partial charge >= 0.3 is 0 Å². The number of halogens is 1. The van der Waals surface area contributed by atoms with Gasteiger partial charge in [-0.25, -0.2) is 4.39 Å². The number of hydrogen-bond acceptors (Lipinski definition) is 3. The maximum Gasteiger partial charge on any atom is 0.191 e. The molecule has 0 radical (unpaired) electrons. The molecule has 6 heteroatoms. The summed E-state index contributed by atoms with van der Waals surface area (Å²) in [6, 6.07) is 5.25. The van der Waals surface area contributed by atoms with Crippen molar-refractivity contribution >= 4 is 5.96 Å². The van der Waals surface area contributed by atoms with E-state index < -0.39 is 0 Å². The number of rotatable bonds is 10. The molecule has 5 nitrogen and oxygen atoms in total. The van der Waals surface area contributed by atoms with Gasteiger partial charge in [0.2, 0.25) is 0 Å². The molecular formula is C17H28FN3O2. The highest BCUT2D eigenvalue weighted by atomic mass is 19.1. The molecule has 0 amide bonds. The van der Waals surface area contributed by atoms with E-state index in [9.17, 15) is 4.39 Å². The van der Waals surface area contributed by atoms with Crippen molar-refractivity contribution in [3.05, 3.63) is 35.1 Å². The quantitative estimate of drug-likeness (QED) is 0.393. The fraction of sp³-hybridized carbons (Fsp3) is 0.588. The number of nitrogens with one attached hydrogen (secondary N) is 2. The van der Waals surface area contributed by atoms with Gasteiger partial charge in [-0.15, -0.1) is 0 Å².